The summed E-state index contributed by atoms with van der Waals surface area (Å²) >= 11 is 5.02. The SMILES string of the molecule is CCC(C)(C(=O)N1CCCC(C(=O)OC)C1)C(N)=S. The summed E-state index contributed by atoms with van der Waals surface area (Å²) in [5.41, 5.74) is 4.88. The highest BCUT2D eigenvalue weighted by Crippen LogP contribution is 2.28. The number of esters is 1. The van der Waals surface area contributed by atoms with Crippen molar-refractivity contribution in [2.75, 3.05) is 20.2 Å². The van der Waals surface area contributed by atoms with Gasteiger partial charge in [-0.3, -0.25) is 9.59 Å². The van der Waals surface area contributed by atoms with Crippen LogP contribution in [0.3, 0.4) is 0 Å². The summed E-state index contributed by atoms with van der Waals surface area (Å²) in [5.74, 6) is -0.586. The number of amides is 1. The van der Waals surface area contributed by atoms with Crippen molar-refractivity contribution in [3.8, 4) is 0 Å². The first-order valence-electron chi connectivity index (χ1n) is 6.54. The van der Waals surface area contributed by atoms with Crippen molar-refractivity contribution in [1.29, 1.82) is 0 Å². The second-order valence-corrected chi connectivity index (χ2v) is 5.60. The van der Waals surface area contributed by atoms with E-state index in [1.807, 2.05) is 6.92 Å². The lowest BCUT2D eigenvalue weighted by Crippen LogP contribution is -2.52. The highest BCUT2D eigenvalue weighted by molar-refractivity contribution is 7.80. The van der Waals surface area contributed by atoms with Crippen molar-refractivity contribution >= 4 is 29.1 Å². The predicted octanol–water partition coefficient (Wildman–Crippen LogP) is 1.10. The van der Waals surface area contributed by atoms with E-state index < -0.39 is 5.41 Å². The molecule has 2 atom stereocenters. The Labute approximate surface area is 119 Å². The molecule has 0 aromatic rings. The maximum Gasteiger partial charge on any atom is 0.310 e. The molecule has 0 bridgehead atoms. The maximum atomic E-state index is 12.6. The maximum absolute atomic E-state index is 12.6. The number of nitrogens with zero attached hydrogens (tertiary/aromatic N) is 1. The Morgan fingerprint density at radius 1 is 1.53 bits per heavy atom. The van der Waals surface area contributed by atoms with Gasteiger partial charge in [0.1, 0.15) is 0 Å². The lowest BCUT2D eigenvalue weighted by atomic mass is 9.84. The second kappa shape index (κ2) is 6.32. The Morgan fingerprint density at radius 2 is 2.16 bits per heavy atom. The van der Waals surface area contributed by atoms with Crippen LogP contribution in [-0.2, 0) is 14.3 Å². The molecule has 1 heterocycles. The Kier molecular flexibility index (Phi) is 5.29. The van der Waals surface area contributed by atoms with Crippen molar-refractivity contribution in [1.82, 2.24) is 4.90 Å². The number of likely N-dealkylation sites (tertiary alicyclic amines) is 1. The monoisotopic (exact) mass is 286 g/mol. The van der Waals surface area contributed by atoms with Gasteiger partial charge in [0.25, 0.3) is 0 Å². The van der Waals surface area contributed by atoms with E-state index in [9.17, 15) is 9.59 Å². The Hall–Kier alpha value is -1.17. The van der Waals surface area contributed by atoms with E-state index in [2.05, 4.69) is 0 Å². The van der Waals surface area contributed by atoms with Crippen LogP contribution < -0.4 is 5.73 Å². The van der Waals surface area contributed by atoms with E-state index in [1.54, 1.807) is 11.8 Å². The van der Waals surface area contributed by atoms with Gasteiger partial charge in [-0.1, -0.05) is 19.1 Å². The van der Waals surface area contributed by atoms with Crippen molar-refractivity contribution in [3.63, 3.8) is 0 Å². The zero-order chi connectivity index (χ0) is 14.6. The Bertz CT molecular complexity index is 386. The molecule has 0 aliphatic carbocycles. The number of hydrogen-bond acceptors (Lipinski definition) is 4. The molecule has 5 nitrogen and oxygen atoms in total. The molecule has 1 amide bonds. The van der Waals surface area contributed by atoms with Gasteiger partial charge in [-0.2, -0.15) is 0 Å². The van der Waals surface area contributed by atoms with Crippen LogP contribution in [0.4, 0.5) is 0 Å². The average molecular weight is 286 g/mol. The highest BCUT2D eigenvalue weighted by atomic mass is 32.1. The van der Waals surface area contributed by atoms with E-state index in [1.165, 1.54) is 7.11 Å². The third kappa shape index (κ3) is 3.23. The van der Waals surface area contributed by atoms with E-state index >= 15 is 0 Å². The number of rotatable bonds is 4. The summed E-state index contributed by atoms with van der Waals surface area (Å²) < 4.78 is 4.75. The van der Waals surface area contributed by atoms with E-state index in [0.29, 0.717) is 19.5 Å². The second-order valence-electron chi connectivity index (χ2n) is 5.16. The zero-order valence-electron chi connectivity index (χ0n) is 11.8. The number of nitrogens with two attached hydrogens (primary N) is 1. The molecule has 19 heavy (non-hydrogen) atoms. The molecular weight excluding hydrogens is 264 g/mol. The molecule has 108 valence electrons. The van der Waals surface area contributed by atoms with Crippen LogP contribution in [0.1, 0.15) is 33.1 Å². The molecular formula is C13H22N2O3S. The third-order valence-electron chi connectivity index (χ3n) is 3.97. The van der Waals surface area contributed by atoms with Crippen LogP contribution in [0.5, 0.6) is 0 Å². The first-order valence-corrected chi connectivity index (χ1v) is 6.94. The number of carbonyl (C=O) groups excluding carboxylic acids is 2. The van der Waals surface area contributed by atoms with Crippen molar-refractivity contribution < 1.29 is 14.3 Å². The van der Waals surface area contributed by atoms with Crippen LogP contribution in [0, 0.1) is 11.3 Å². The lowest BCUT2D eigenvalue weighted by molar-refractivity contribution is -0.150. The quantitative estimate of drug-likeness (QED) is 0.619. The number of carbonyl (C=O) groups is 2. The van der Waals surface area contributed by atoms with E-state index in [4.69, 9.17) is 22.7 Å². The largest absolute Gasteiger partial charge is 0.469 e. The molecule has 1 aliphatic rings. The first-order chi connectivity index (χ1) is 8.86. The zero-order valence-corrected chi connectivity index (χ0v) is 12.6. The van der Waals surface area contributed by atoms with Crippen LogP contribution in [0.15, 0.2) is 0 Å². The number of ether oxygens (including phenoxy) is 1. The molecule has 6 heteroatoms. The summed E-state index contributed by atoms with van der Waals surface area (Å²) in [4.78, 5) is 26.0. The number of piperidine rings is 1. The topological polar surface area (TPSA) is 72.6 Å². The summed E-state index contributed by atoms with van der Waals surface area (Å²) in [6, 6.07) is 0. The molecule has 1 saturated heterocycles. The fourth-order valence-corrected chi connectivity index (χ4v) is 2.53. The molecule has 1 aliphatic heterocycles. The minimum atomic E-state index is -0.826. The van der Waals surface area contributed by atoms with Gasteiger partial charge >= 0.3 is 5.97 Å². The van der Waals surface area contributed by atoms with Gasteiger partial charge in [0.15, 0.2) is 0 Å². The minimum absolute atomic E-state index is 0.0869. The highest BCUT2D eigenvalue weighted by Gasteiger charge is 2.40. The molecule has 2 unspecified atom stereocenters. The summed E-state index contributed by atoms with van der Waals surface area (Å²) in [7, 11) is 1.37. The molecule has 0 radical (unpaired) electrons. The average Bonchev–Trinajstić information content (AvgIpc) is 2.44. The molecule has 1 rings (SSSR count). The molecule has 0 aromatic heterocycles. The van der Waals surface area contributed by atoms with E-state index in [-0.39, 0.29) is 22.8 Å². The molecule has 0 saturated carbocycles. The number of methoxy groups -OCH3 is 1. The normalized spacial score (nSPS) is 22.5. The Morgan fingerprint density at radius 3 is 2.63 bits per heavy atom. The summed E-state index contributed by atoms with van der Waals surface area (Å²) in [6.07, 6.45) is 2.11. The van der Waals surface area contributed by atoms with E-state index in [0.717, 1.165) is 12.8 Å². The van der Waals surface area contributed by atoms with Crippen LogP contribution in [0.2, 0.25) is 0 Å². The van der Waals surface area contributed by atoms with Crippen molar-refractivity contribution in [2.45, 2.75) is 33.1 Å². The summed E-state index contributed by atoms with van der Waals surface area (Å²) in [6.45, 7) is 4.69. The predicted molar refractivity (Wildman–Crippen MR) is 76.5 cm³/mol. The standard InChI is InChI=1S/C13H22N2O3S/c1-4-13(2,11(14)19)12(17)15-7-5-6-9(8-15)10(16)18-3/h9H,4-8H2,1-3H3,(H2,14,19). The van der Waals surface area contributed by atoms with Gasteiger partial charge in [-0.05, 0) is 26.2 Å². The fourth-order valence-electron chi connectivity index (χ4n) is 2.30. The molecule has 0 aromatic carbocycles. The third-order valence-corrected chi connectivity index (χ3v) is 4.42. The van der Waals surface area contributed by atoms with Gasteiger partial charge in [-0.25, -0.2) is 0 Å². The Balaban J connectivity index is 2.82. The van der Waals surface area contributed by atoms with Crippen LogP contribution >= 0.6 is 12.2 Å². The number of hydrogen-bond donors (Lipinski definition) is 1. The molecule has 1 fully saturated rings. The van der Waals surface area contributed by atoms with Crippen LogP contribution in [-0.4, -0.2) is 42.0 Å². The summed E-state index contributed by atoms with van der Waals surface area (Å²) in [5, 5.41) is 0. The number of thiocarbonyl (C=S) groups is 1. The van der Waals surface area contributed by atoms with Gasteiger partial charge in [-0.15, -0.1) is 0 Å². The smallest absolute Gasteiger partial charge is 0.310 e. The van der Waals surface area contributed by atoms with Crippen molar-refractivity contribution in [2.24, 2.45) is 17.1 Å². The first kappa shape index (κ1) is 15.9. The van der Waals surface area contributed by atoms with Crippen LogP contribution in [0.25, 0.3) is 0 Å². The molecule has 0 spiro atoms. The fraction of sp³-hybridized carbons (Fsp3) is 0.769. The van der Waals surface area contributed by atoms with Gasteiger partial charge < -0.3 is 15.4 Å². The van der Waals surface area contributed by atoms with Crippen molar-refractivity contribution in [3.05, 3.63) is 0 Å². The molecule has 2 N–H and O–H groups in total. The van der Waals surface area contributed by atoms with Gasteiger partial charge in [0, 0.05) is 13.1 Å². The lowest BCUT2D eigenvalue weighted by Gasteiger charge is -2.37. The van der Waals surface area contributed by atoms with Gasteiger partial charge in [0.2, 0.25) is 5.91 Å². The van der Waals surface area contributed by atoms with Gasteiger partial charge in [0.05, 0.1) is 23.4 Å². The minimum Gasteiger partial charge on any atom is -0.469 e.